The Balaban J connectivity index is 1.30. The molecule has 0 bridgehead atoms. The van der Waals surface area contributed by atoms with Gasteiger partial charge in [-0.15, -0.1) is 11.3 Å². The van der Waals surface area contributed by atoms with Crippen LogP contribution in [-0.2, 0) is 4.79 Å². The third-order valence-corrected chi connectivity index (χ3v) is 9.05. The summed E-state index contributed by atoms with van der Waals surface area (Å²) in [7, 11) is 4.20. The molecule has 5 rings (SSSR count). The Hall–Kier alpha value is -3.34. The standard InChI is InChI=1S/C31H38N6O2S2/c1-22-18-26(12-15-36(22)17-16-35(3)4)41-27-19-29(39-25-8-6-5-7-9-25)30(32-20-27)34-31-33-28(21-40-31)24-10-13-37(14-11-24)23(2)38/h5-9,12,15,18-22,24H,10-11,13-14,16-17H2,1-4H3,(H,32,33,34). The molecule has 2 aliphatic rings. The Labute approximate surface area is 251 Å². The Bertz CT molecular complexity index is 1380. The molecule has 1 amide bonds. The lowest BCUT2D eigenvalue weighted by Gasteiger charge is -2.30. The number of benzene rings is 1. The second-order valence-corrected chi connectivity index (χ2v) is 12.7. The monoisotopic (exact) mass is 590 g/mol. The Morgan fingerprint density at radius 3 is 2.71 bits per heavy atom. The van der Waals surface area contributed by atoms with Gasteiger partial charge in [-0.1, -0.05) is 30.0 Å². The fraction of sp³-hybridized carbons (Fsp3) is 0.387. The average molecular weight is 591 g/mol. The number of ether oxygens (including phenoxy) is 1. The minimum absolute atomic E-state index is 0.148. The Morgan fingerprint density at radius 1 is 1.22 bits per heavy atom. The number of allylic oxidation sites excluding steroid dienone is 1. The van der Waals surface area contributed by atoms with Gasteiger partial charge in [-0.2, -0.15) is 0 Å². The van der Waals surface area contributed by atoms with Crippen molar-refractivity contribution in [3.63, 3.8) is 0 Å². The molecular weight excluding hydrogens is 553 g/mol. The average Bonchev–Trinajstić information content (AvgIpc) is 3.43. The minimum atomic E-state index is 0.148. The van der Waals surface area contributed by atoms with Crippen LogP contribution in [0.25, 0.3) is 0 Å². The summed E-state index contributed by atoms with van der Waals surface area (Å²) >= 11 is 3.25. The van der Waals surface area contributed by atoms with E-state index in [9.17, 15) is 4.79 Å². The van der Waals surface area contributed by atoms with Crippen LogP contribution in [0.5, 0.6) is 11.5 Å². The number of likely N-dealkylation sites (tertiary alicyclic amines) is 1. The zero-order valence-corrected chi connectivity index (χ0v) is 25.8. The SMILES string of the molecule is CC(=O)N1CCC(c2csc(Nc3ncc(SC4=CC(C)N(CCN(C)C)C=C4)cc3Oc3ccccc3)n2)CC1. The first-order chi connectivity index (χ1) is 19.8. The number of likely N-dealkylation sites (N-methyl/N-ethyl adjacent to an activating group) is 1. The normalized spacial score (nSPS) is 17.6. The van der Waals surface area contributed by atoms with Gasteiger partial charge in [0, 0.05) is 78.7 Å². The van der Waals surface area contributed by atoms with Crippen molar-refractivity contribution in [2.45, 2.75) is 43.5 Å². The molecule has 1 N–H and O–H groups in total. The summed E-state index contributed by atoms with van der Waals surface area (Å²) in [5.41, 5.74) is 1.07. The minimum Gasteiger partial charge on any atom is -0.453 e. The predicted molar refractivity (Wildman–Crippen MR) is 168 cm³/mol. The predicted octanol–water partition coefficient (Wildman–Crippen LogP) is 6.56. The van der Waals surface area contributed by atoms with Gasteiger partial charge in [0.25, 0.3) is 0 Å². The number of nitrogens with one attached hydrogen (secondary N) is 1. The van der Waals surface area contributed by atoms with Gasteiger partial charge in [0.05, 0.1) is 5.69 Å². The first-order valence-electron chi connectivity index (χ1n) is 14.0. The van der Waals surface area contributed by atoms with E-state index in [1.54, 1.807) is 30.0 Å². The fourth-order valence-corrected chi connectivity index (χ4v) is 6.61. The number of hydrogen-bond acceptors (Lipinski definition) is 9. The first-order valence-corrected chi connectivity index (χ1v) is 15.7. The van der Waals surface area contributed by atoms with E-state index < -0.39 is 0 Å². The number of aromatic nitrogens is 2. The summed E-state index contributed by atoms with van der Waals surface area (Å²) in [6.45, 7) is 7.45. The van der Waals surface area contributed by atoms with Crippen LogP contribution in [0.3, 0.4) is 0 Å². The van der Waals surface area contributed by atoms with E-state index in [1.807, 2.05) is 47.5 Å². The van der Waals surface area contributed by atoms with Gasteiger partial charge < -0.3 is 24.8 Å². The molecule has 0 spiro atoms. The van der Waals surface area contributed by atoms with Gasteiger partial charge in [0.15, 0.2) is 16.7 Å². The number of pyridine rings is 1. The molecule has 10 heteroatoms. The third-order valence-electron chi connectivity index (χ3n) is 7.30. The summed E-state index contributed by atoms with van der Waals surface area (Å²) in [6.07, 6.45) is 10.4. The number of amides is 1. The lowest BCUT2D eigenvalue weighted by molar-refractivity contribution is -0.129. The smallest absolute Gasteiger partial charge is 0.219 e. The van der Waals surface area contributed by atoms with Crippen LogP contribution < -0.4 is 10.1 Å². The van der Waals surface area contributed by atoms with E-state index in [1.165, 1.54) is 4.91 Å². The zero-order valence-electron chi connectivity index (χ0n) is 24.1. The maximum absolute atomic E-state index is 11.7. The number of piperidine rings is 1. The van der Waals surface area contributed by atoms with E-state index in [0.717, 1.165) is 60.5 Å². The van der Waals surface area contributed by atoms with E-state index in [0.29, 0.717) is 23.5 Å². The topological polar surface area (TPSA) is 73.8 Å². The summed E-state index contributed by atoms with van der Waals surface area (Å²) in [5, 5.41) is 6.30. The van der Waals surface area contributed by atoms with Crippen LogP contribution in [-0.4, -0.2) is 76.9 Å². The summed E-state index contributed by atoms with van der Waals surface area (Å²) in [4.78, 5) is 30.0. The van der Waals surface area contributed by atoms with Crippen molar-refractivity contribution in [3.05, 3.63) is 76.9 Å². The molecule has 3 aromatic rings. The Kier molecular flexibility index (Phi) is 9.64. The number of para-hydroxylation sites is 1. The van der Waals surface area contributed by atoms with Crippen molar-refractivity contribution in [1.82, 2.24) is 24.7 Å². The molecule has 0 radical (unpaired) electrons. The number of hydrogen-bond donors (Lipinski definition) is 1. The molecule has 41 heavy (non-hydrogen) atoms. The molecule has 1 aromatic carbocycles. The van der Waals surface area contributed by atoms with Crippen LogP contribution in [0.2, 0.25) is 0 Å². The lowest BCUT2D eigenvalue weighted by Crippen LogP contribution is -2.36. The quantitative estimate of drug-likeness (QED) is 0.285. The van der Waals surface area contributed by atoms with E-state index >= 15 is 0 Å². The summed E-state index contributed by atoms with van der Waals surface area (Å²) < 4.78 is 6.31. The lowest BCUT2D eigenvalue weighted by atomic mass is 9.94. The van der Waals surface area contributed by atoms with Crippen LogP contribution in [0.4, 0.5) is 10.9 Å². The van der Waals surface area contributed by atoms with Crippen LogP contribution in [0.15, 0.2) is 76.1 Å². The highest BCUT2D eigenvalue weighted by Gasteiger charge is 2.24. The summed E-state index contributed by atoms with van der Waals surface area (Å²) in [5.74, 6) is 2.53. The molecule has 0 saturated carbocycles. The van der Waals surface area contributed by atoms with Crippen molar-refractivity contribution >= 4 is 40.0 Å². The molecule has 2 aromatic heterocycles. The molecule has 216 valence electrons. The molecule has 1 saturated heterocycles. The van der Waals surface area contributed by atoms with Gasteiger partial charge in [-0.25, -0.2) is 9.97 Å². The van der Waals surface area contributed by atoms with Crippen LogP contribution >= 0.6 is 23.1 Å². The summed E-state index contributed by atoms with van der Waals surface area (Å²) in [6, 6.07) is 12.1. The van der Waals surface area contributed by atoms with Crippen molar-refractivity contribution in [2.75, 3.05) is 45.6 Å². The molecule has 2 aliphatic heterocycles. The first kappa shape index (κ1) is 29.2. The number of anilines is 2. The molecule has 1 atom stereocenters. The maximum Gasteiger partial charge on any atom is 0.219 e. The molecule has 1 fully saturated rings. The van der Waals surface area contributed by atoms with Crippen LogP contribution in [0.1, 0.15) is 38.3 Å². The zero-order chi connectivity index (χ0) is 28.8. The van der Waals surface area contributed by atoms with E-state index in [2.05, 4.69) is 59.9 Å². The number of nitrogens with zero attached hydrogens (tertiary/aromatic N) is 5. The maximum atomic E-state index is 11.7. The van der Waals surface area contributed by atoms with Crippen LogP contribution in [0, 0.1) is 0 Å². The molecule has 4 heterocycles. The molecule has 0 aliphatic carbocycles. The van der Waals surface area contributed by atoms with Gasteiger partial charge in [0.2, 0.25) is 5.91 Å². The highest BCUT2D eigenvalue weighted by molar-refractivity contribution is 8.03. The second kappa shape index (κ2) is 13.5. The number of carbonyl (C=O) groups excluding carboxylic acids is 1. The molecular formula is C31H38N6O2S2. The van der Waals surface area contributed by atoms with Gasteiger partial charge in [-0.3, -0.25) is 4.79 Å². The highest BCUT2D eigenvalue weighted by atomic mass is 32.2. The third kappa shape index (κ3) is 7.90. The van der Waals surface area contributed by atoms with Gasteiger partial charge >= 0.3 is 0 Å². The van der Waals surface area contributed by atoms with E-state index in [4.69, 9.17) is 14.7 Å². The molecule has 1 unspecified atom stereocenters. The number of thiazole rings is 1. The van der Waals surface area contributed by atoms with Crippen molar-refractivity contribution in [1.29, 1.82) is 0 Å². The highest BCUT2D eigenvalue weighted by Crippen LogP contribution is 2.38. The number of carbonyl (C=O) groups is 1. The number of thioether (sulfide) groups is 1. The van der Waals surface area contributed by atoms with E-state index in [-0.39, 0.29) is 5.91 Å². The van der Waals surface area contributed by atoms with Crippen molar-refractivity contribution in [2.24, 2.45) is 0 Å². The van der Waals surface area contributed by atoms with Crippen molar-refractivity contribution < 1.29 is 9.53 Å². The van der Waals surface area contributed by atoms with Gasteiger partial charge in [0.1, 0.15) is 5.75 Å². The van der Waals surface area contributed by atoms with Gasteiger partial charge in [-0.05, 0) is 58.1 Å². The second-order valence-electron chi connectivity index (χ2n) is 10.7. The number of rotatable bonds is 10. The molecule has 8 nitrogen and oxygen atoms in total. The Morgan fingerprint density at radius 2 is 2.00 bits per heavy atom. The fourth-order valence-electron chi connectivity index (χ4n) is 4.88. The van der Waals surface area contributed by atoms with Crippen molar-refractivity contribution in [3.8, 4) is 11.5 Å². The largest absolute Gasteiger partial charge is 0.453 e.